The molecule has 3 rings (SSSR count). The average Bonchev–Trinajstić information content (AvgIpc) is 3.05. The van der Waals surface area contributed by atoms with Gasteiger partial charge in [-0.25, -0.2) is 0 Å². The van der Waals surface area contributed by atoms with E-state index in [1.165, 1.54) is 0 Å². The van der Waals surface area contributed by atoms with Gasteiger partial charge in [-0.1, -0.05) is 60.7 Å². The van der Waals surface area contributed by atoms with Gasteiger partial charge in [0.1, 0.15) is 25.0 Å². The van der Waals surface area contributed by atoms with Gasteiger partial charge >= 0.3 is 0 Å². The van der Waals surface area contributed by atoms with Crippen molar-refractivity contribution in [1.82, 2.24) is 0 Å². The van der Waals surface area contributed by atoms with Gasteiger partial charge in [0.25, 0.3) is 0 Å². The SMILES string of the molecule is O[C@@H](C[NH2+]Cc1ccc(-c2ccccc2)o1)c1ccccc1. The first-order valence-electron chi connectivity index (χ1n) is 7.52. The first kappa shape index (κ1) is 14.6. The summed E-state index contributed by atoms with van der Waals surface area (Å²) in [6.07, 6.45) is -0.454. The Kier molecular flexibility index (Phi) is 4.68. The van der Waals surface area contributed by atoms with E-state index in [0.717, 1.165) is 29.2 Å². The van der Waals surface area contributed by atoms with Crippen molar-refractivity contribution in [1.29, 1.82) is 0 Å². The minimum atomic E-state index is -0.454. The Hall–Kier alpha value is -2.36. The molecule has 3 aromatic rings. The van der Waals surface area contributed by atoms with Gasteiger partial charge < -0.3 is 14.8 Å². The van der Waals surface area contributed by atoms with Gasteiger partial charge in [0, 0.05) is 5.56 Å². The largest absolute Gasteiger partial charge is 0.455 e. The van der Waals surface area contributed by atoms with Crippen molar-refractivity contribution in [3.05, 3.63) is 84.1 Å². The predicted octanol–water partition coefficient (Wildman–Crippen LogP) is 2.74. The summed E-state index contributed by atoms with van der Waals surface area (Å²) in [7, 11) is 0. The Morgan fingerprint density at radius 3 is 2.27 bits per heavy atom. The molecule has 0 spiro atoms. The molecule has 2 aromatic carbocycles. The fourth-order valence-electron chi connectivity index (χ4n) is 2.44. The van der Waals surface area contributed by atoms with Crippen LogP contribution in [0.1, 0.15) is 17.4 Å². The summed E-state index contributed by atoms with van der Waals surface area (Å²) < 4.78 is 5.84. The Morgan fingerprint density at radius 2 is 1.55 bits per heavy atom. The summed E-state index contributed by atoms with van der Waals surface area (Å²) in [5.74, 6) is 1.80. The van der Waals surface area contributed by atoms with Crippen molar-refractivity contribution in [2.24, 2.45) is 0 Å². The Labute approximate surface area is 130 Å². The first-order valence-corrected chi connectivity index (χ1v) is 7.52. The molecule has 0 bridgehead atoms. The van der Waals surface area contributed by atoms with Gasteiger partial charge in [-0.15, -0.1) is 0 Å². The van der Waals surface area contributed by atoms with Crippen LogP contribution < -0.4 is 5.32 Å². The summed E-state index contributed by atoms with van der Waals surface area (Å²) in [6, 6.07) is 23.8. The molecule has 0 amide bonds. The van der Waals surface area contributed by atoms with Crippen molar-refractivity contribution in [2.45, 2.75) is 12.6 Å². The maximum absolute atomic E-state index is 10.1. The Morgan fingerprint density at radius 1 is 0.864 bits per heavy atom. The van der Waals surface area contributed by atoms with Gasteiger partial charge in [-0.05, 0) is 17.7 Å². The lowest BCUT2D eigenvalue weighted by atomic mass is 10.1. The highest BCUT2D eigenvalue weighted by Gasteiger charge is 2.10. The molecule has 3 nitrogen and oxygen atoms in total. The lowest BCUT2D eigenvalue weighted by molar-refractivity contribution is -0.679. The van der Waals surface area contributed by atoms with Crippen LogP contribution in [-0.2, 0) is 6.54 Å². The summed E-state index contributed by atoms with van der Waals surface area (Å²) in [4.78, 5) is 0. The quantitative estimate of drug-likeness (QED) is 0.734. The number of benzene rings is 2. The fraction of sp³-hybridized carbons (Fsp3) is 0.158. The van der Waals surface area contributed by atoms with Gasteiger partial charge in [0.05, 0.1) is 0 Å². The van der Waals surface area contributed by atoms with Crippen LogP contribution in [0.2, 0.25) is 0 Å². The van der Waals surface area contributed by atoms with Crippen LogP contribution in [-0.4, -0.2) is 11.7 Å². The van der Waals surface area contributed by atoms with Crippen LogP contribution in [0.3, 0.4) is 0 Å². The molecule has 0 saturated heterocycles. The topological polar surface area (TPSA) is 50.0 Å². The lowest BCUT2D eigenvalue weighted by Gasteiger charge is -2.08. The molecule has 0 aliphatic heterocycles. The zero-order valence-electron chi connectivity index (χ0n) is 12.4. The van der Waals surface area contributed by atoms with Gasteiger partial charge in [-0.3, -0.25) is 0 Å². The molecule has 0 radical (unpaired) electrons. The number of hydrogen-bond donors (Lipinski definition) is 2. The molecule has 3 heteroatoms. The Balaban J connectivity index is 1.53. The molecule has 112 valence electrons. The van der Waals surface area contributed by atoms with E-state index in [1.54, 1.807) is 0 Å². The zero-order chi connectivity index (χ0) is 15.2. The monoisotopic (exact) mass is 294 g/mol. The van der Waals surface area contributed by atoms with Crippen LogP contribution in [0, 0.1) is 0 Å². The molecule has 0 unspecified atom stereocenters. The zero-order valence-corrected chi connectivity index (χ0v) is 12.4. The molecule has 1 atom stereocenters. The predicted molar refractivity (Wildman–Crippen MR) is 86.0 cm³/mol. The Bertz CT molecular complexity index is 692. The van der Waals surface area contributed by atoms with E-state index in [9.17, 15) is 5.11 Å². The molecule has 0 aliphatic rings. The summed E-state index contributed by atoms with van der Waals surface area (Å²) in [5, 5.41) is 12.2. The molecule has 0 saturated carbocycles. The maximum atomic E-state index is 10.1. The minimum Gasteiger partial charge on any atom is -0.455 e. The molecule has 1 aromatic heterocycles. The van der Waals surface area contributed by atoms with Crippen molar-refractivity contribution in [2.75, 3.05) is 6.54 Å². The van der Waals surface area contributed by atoms with E-state index in [0.29, 0.717) is 6.54 Å². The third-order valence-corrected chi connectivity index (χ3v) is 3.64. The van der Waals surface area contributed by atoms with Gasteiger partial charge in [0.2, 0.25) is 0 Å². The summed E-state index contributed by atoms with van der Waals surface area (Å²) in [5.41, 5.74) is 2.03. The van der Waals surface area contributed by atoms with Crippen LogP contribution >= 0.6 is 0 Å². The van der Waals surface area contributed by atoms with E-state index in [2.05, 4.69) is 5.32 Å². The number of aliphatic hydroxyl groups excluding tert-OH is 1. The minimum absolute atomic E-state index is 0.454. The second kappa shape index (κ2) is 7.07. The molecule has 0 aliphatic carbocycles. The van der Waals surface area contributed by atoms with Crippen molar-refractivity contribution < 1.29 is 14.8 Å². The van der Waals surface area contributed by atoms with Crippen LogP contribution in [0.5, 0.6) is 0 Å². The molecule has 3 N–H and O–H groups in total. The van der Waals surface area contributed by atoms with Crippen LogP contribution in [0.15, 0.2) is 77.2 Å². The summed E-state index contributed by atoms with van der Waals surface area (Å²) in [6.45, 7) is 1.34. The number of quaternary nitrogens is 1. The first-order chi connectivity index (χ1) is 10.8. The third kappa shape index (κ3) is 3.64. The van der Waals surface area contributed by atoms with E-state index in [-0.39, 0.29) is 0 Å². The highest BCUT2D eigenvalue weighted by atomic mass is 16.3. The van der Waals surface area contributed by atoms with E-state index in [1.807, 2.05) is 72.8 Å². The van der Waals surface area contributed by atoms with Crippen molar-refractivity contribution in [3.8, 4) is 11.3 Å². The summed E-state index contributed by atoms with van der Waals surface area (Å²) >= 11 is 0. The second-order valence-corrected chi connectivity index (χ2v) is 5.29. The number of rotatable bonds is 6. The van der Waals surface area contributed by atoms with Gasteiger partial charge in [-0.2, -0.15) is 0 Å². The van der Waals surface area contributed by atoms with Crippen molar-refractivity contribution in [3.63, 3.8) is 0 Å². The van der Waals surface area contributed by atoms with Crippen LogP contribution in [0.4, 0.5) is 0 Å². The maximum Gasteiger partial charge on any atom is 0.158 e. The molecule has 0 fully saturated rings. The normalized spacial score (nSPS) is 12.2. The fourth-order valence-corrected chi connectivity index (χ4v) is 2.44. The van der Waals surface area contributed by atoms with Crippen molar-refractivity contribution >= 4 is 0 Å². The molecular weight excluding hydrogens is 274 g/mol. The second-order valence-electron chi connectivity index (χ2n) is 5.29. The lowest BCUT2D eigenvalue weighted by Crippen LogP contribution is -2.83. The molecule has 1 heterocycles. The highest BCUT2D eigenvalue weighted by molar-refractivity contribution is 5.57. The van der Waals surface area contributed by atoms with Gasteiger partial charge in [0.15, 0.2) is 5.76 Å². The number of aliphatic hydroxyl groups is 1. The molecule has 22 heavy (non-hydrogen) atoms. The highest BCUT2D eigenvalue weighted by Crippen LogP contribution is 2.21. The number of nitrogens with two attached hydrogens (primary N) is 1. The third-order valence-electron chi connectivity index (χ3n) is 3.64. The van der Waals surface area contributed by atoms with E-state index in [4.69, 9.17) is 4.42 Å². The van der Waals surface area contributed by atoms with Crippen LogP contribution in [0.25, 0.3) is 11.3 Å². The van der Waals surface area contributed by atoms with E-state index >= 15 is 0 Å². The smallest absolute Gasteiger partial charge is 0.158 e. The standard InChI is InChI=1S/C19H19NO2/c21-18(15-7-3-1-4-8-15)14-20-13-17-11-12-19(22-17)16-9-5-2-6-10-16/h1-12,18,20-21H,13-14H2/p+1/t18-/m0/s1. The molecular formula is C19H20NO2+. The van der Waals surface area contributed by atoms with E-state index < -0.39 is 6.10 Å². The average molecular weight is 294 g/mol. The number of hydrogen-bond acceptors (Lipinski definition) is 2. The number of furan rings is 1.